The lowest BCUT2D eigenvalue weighted by molar-refractivity contribution is 0.428. The molecule has 0 aliphatic carbocycles. The molecule has 6 N–H and O–H groups in total. The molecular weight excluding hydrogens is 190 g/mol. The summed E-state index contributed by atoms with van der Waals surface area (Å²) in [6.45, 7) is 3.99. The van der Waals surface area contributed by atoms with Crippen LogP contribution in [0.25, 0.3) is 11.4 Å². The zero-order valence-electron chi connectivity index (χ0n) is 8.76. The van der Waals surface area contributed by atoms with Gasteiger partial charge in [-0.2, -0.15) is 11.7 Å². The highest BCUT2D eigenvalue weighted by Gasteiger charge is 2.43. The Kier molecular flexibility index (Phi) is 1.35. The highest BCUT2D eigenvalue weighted by molar-refractivity contribution is 5.90. The van der Waals surface area contributed by atoms with Gasteiger partial charge in [-0.05, 0) is 13.8 Å². The number of hydrogen-bond acceptors (Lipinski definition) is 2. The van der Waals surface area contributed by atoms with Gasteiger partial charge in [-0.25, -0.2) is 0 Å². The average Bonchev–Trinajstić information content (AvgIpc) is 2.72. The number of quaternary nitrogens is 1. The molecule has 0 amide bonds. The van der Waals surface area contributed by atoms with Gasteiger partial charge in [-0.3, -0.25) is 0 Å². The molecule has 78 valence electrons. The van der Waals surface area contributed by atoms with Crippen molar-refractivity contribution in [3.8, 4) is 11.4 Å². The van der Waals surface area contributed by atoms with E-state index in [1.165, 1.54) is 0 Å². The quantitative estimate of drug-likeness (QED) is 0.385. The minimum Gasteiger partial charge on any atom is -0.352 e. The number of nitrogens with one attached hydrogen (secondary N) is 2. The lowest BCUT2D eigenvalue weighted by Gasteiger charge is -2.19. The van der Waals surface area contributed by atoms with E-state index in [1.54, 1.807) is 0 Å². The first-order valence-electron chi connectivity index (χ1n) is 4.87. The van der Waals surface area contributed by atoms with Crippen LogP contribution in [0.15, 0.2) is 12.1 Å². The second-order valence-electron chi connectivity index (χ2n) is 4.20. The van der Waals surface area contributed by atoms with Crippen LogP contribution in [0.5, 0.6) is 0 Å². The summed E-state index contributed by atoms with van der Waals surface area (Å²) >= 11 is 0. The van der Waals surface area contributed by atoms with Gasteiger partial charge in [0.1, 0.15) is 11.4 Å². The molecule has 0 unspecified atom stereocenters. The summed E-state index contributed by atoms with van der Waals surface area (Å²) in [4.78, 5) is 6.55. The molecule has 0 spiro atoms. The van der Waals surface area contributed by atoms with Gasteiger partial charge in [0.25, 0.3) is 0 Å². The van der Waals surface area contributed by atoms with Crippen molar-refractivity contribution in [3.63, 3.8) is 0 Å². The summed E-state index contributed by atoms with van der Waals surface area (Å²) < 4.78 is -0.167. The predicted octanol–water partition coefficient (Wildman–Crippen LogP) is 1.33. The lowest BCUT2D eigenvalue weighted by Crippen LogP contribution is -2.56. The van der Waals surface area contributed by atoms with Crippen molar-refractivity contribution >= 4 is 11.4 Å². The molecule has 0 saturated heterocycles. The molecule has 0 aromatic carbocycles. The van der Waals surface area contributed by atoms with E-state index < -0.39 is 0 Å². The van der Waals surface area contributed by atoms with Crippen molar-refractivity contribution in [1.29, 1.82) is 0 Å². The van der Waals surface area contributed by atoms with Crippen LogP contribution in [0.1, 0.15) is 11.4 Å². The van der Waals surface area contributed by atoms with Crippen LogP contribution in [0.2, 0.25) is 0 Å². The van der Waals surface area contributed by atoms with E-state index in [0.717, 1.165) is 34.2 Å². The van der Waals surface area contributed by atoms with Crippen LogP contribution in [-0.4, -0.2) is 9.97 Å². The van der Waals surface area contributed by atoms with Gasteiger partial charge in [-0.1, -0.05) is 0 Å². The Morgan fingerprint density at radius 1 is 0.933 bits per heavy atom. The fourth-order valence-corrected chi connectivity index (χ4v) is 2.24. The molecule has 0 radical (unpaired) electrons. The molecule has 3 rings (SSSR count). The number of aromatic nitrogens is 2. The number of aryl methyl sites for hydroxylation is 2. The monoisotopic (exact) mass is 204 g/mol. The third kappa shape index (κ3) is 0.918. The molecular formula is C10H14N5+. The Labute approximate surface area is 87.2 Å². The van der Waals surface area contributed by atoms with Crippen LogP contribution >= 0.6 is 0 Å². The number of rotatable bonds is 0. The van der Waals surface area contributed by atoms with E-state index in [0.29, 0.717) is 0 Å². The molecule has 3 heterocycles. The van der Waals surface area contributed by atoms with E-state index in [-0.39, 0.29) is 4.70 Å². The minimum absolute atomic E-state index is 0.167. The first-order valence-corrected chi connectivity index (χ1v) is 4.87. The second-order valence-corrected chi connectivity index (χ2v) is 4.20. The van der Waals surface area contributed by atoms with Gasteiger partial charge < -0.3 is 9.97 Å². The van der Waals surface area contributed by atoms with Gasteiger partial charge in [-0.15, -0.1) is 4.70 Å². The molecule has 0 fully saturated rings. The van der Waals surface area contributed by atoms with Crippen molar-refractivity contribution < 1.29 is 0 Å². The highest BCUT2D eigenvalue weighted by atomic mass is 15.8. The predicted molar refractivity (Wildman–Crippen MR) is 59.9 cm³/mol. The third-order valence-electron chi connectivity index (χ3n) is 2.91. The summed E-state index contributed by atoms with van der Waals surface area (Å²) in [5.41, 5.74) is 5.95. The first-order chi connectivity index (χ1) is 7.00. The molecule has 15 heavy (non-hydrogen) atoms. The molecule has 0 saturated carbocycles. The molecule has 2 aromatic heterocycles. The van der Waals surface area contributed by atoms with Crippen LogP contribution < -0.4 is 16.4 Å². The van der Waals surface area contributed by atoms with Crippen LogP contribution in [0, 0.1) is 13.8 Å². The zero-order chi connectivity index (χ0) is 10.8. The van der Waals surface area contributed by atoms with Crippen molar-refractivity contribution in [2.24, 2.45) is 11.7 Å². The van der Waals surface area contributed by atoms with Crippen LogP contribution in [-0.2, 0) is 0 Å². The van der Waals surface area contributed by atoms with Crippen molar-refractivity contribution in [3.05, 3.63) is 23.5 Å². The van der Waals surface area contributed by atoms with Gasteiger partial charge in [0, 0.05) is 23.5 Å². The number of aromatic amines is 2. The Balaban J connectivity index is 2.38. The zero-order valence-corrected chi connectivity index (χ0v) is 8.76. The van der Waals surface area contributed by atoms with Crippen LogP contribution in [0.4, 0.5) is 11.4 Å². The van der Waals surface area contributed by atoms with Crippen molar-refractivity contribution in [2.75, 3.05) is 0 Å². The molecule has 5 heteroatoms. The van der Waals surface area contributed by atoms with Gasteiger partial charge in [0.15, 0.2) is 0 Å². The maximum Gasteiger partial charge on any atom is 0.204 e. The Bertz CT molecular complexity index is 498. The number of nitrogens with zero attached hydrogens (tertiary/aromatic N) is 1. The van der Waals surface area contributed by atoms with Crippen LogP contribution in [0.3, 0.4) is 0 Å². The lowest BCUT2D eigenvalue weighted by atomic mass is 10.3. The number of fused-ring (bicyclic) bond motifs is 3. The summed E-state index contributed by atoms with van der Waals surface area (Å²) in [5.74, 6) is 12.2. The Hall–Kier alpha value is -1.56. The molecule has 2 aromatic rings. The summed E-state index contributed by atoms with van der Waals surface area (Å²) in [6, 6.07) is 3.97. The highest BCUT2D eigenvalue weighted by Crippen LogP contribution is 2.48. The first kappa shape index (κ1) is 8.72. The fourth-order valence-electron chi connectivity index (χ4n) is 2.24. The average molecular weight is 204 g/mol. The second kappa shape index (κ2) is 2.33. The van der Waals surface area contributed by atoms with E-state index in [2.05, 4.69) is 9.97 Å². The van der Waals surface area contributed by atoms with Gasteiger partial charge in [0.05, 0.1) is 0 Å². The van der Waals surface area contributed by atoms with E-state index >= 15 is 0 Å². The maximum absolute atomic E-state index is 6.10. The standard InChI is InChI=1S/C10H14N5/c1-5-3-7-9(13-5)10-8(15(7,11)12)4-6(2)14-10/h3-4,13-14H,11-12H2,1-2H3/q+1. The Morgan fingerprint density at radius 3 is 1.73 bits per heavy atom. The molecule has 0 bridgehead atoms. The SMILES string of the molecule is Cc1cc2c([nH]1)-c1[nH]c(C)cc1[N+]2(N)N. The fraction of sp³-hybridized carbons (Fsp3) is 0.200. The molecule has 1 aliphatic heterocycles. The molecule has 1 aliphatic rings. The van der Waals surface area contributed by atoms with Gasteiger partial charge >= 0.3 is 0 Å². The smallest absolute Gasteiger partial charge is 0.204 e. The third-order valence-corrected chi connectivity index (χ3v) is 2.91. The molecule has 5 nitrogen and oxygen atoms in total. The topological polar surface area (TPSA) is 83.6 Å². The Morgan fingerprint density at radius 2 is 1.33 bits per heavy atom. The molecule has 0 atom stereocenters. The van der Waals surface area contributed by atoms with Crippen molar-refractivity contribution in [1.82, 2.24) is 14.7 Å². The van der Waals surface area contributed by atoms with Crippen molar-refractivity contribution in [2.45, 2.75) is 13.8 Å². The van der Waals surface area contributed by atoms with E-state index in [1.807, 2.05) is 26.0 Å². The summed E-state index contributed by atoms with van der Waals surface area (Å²) in [6.07, 6.45) is 0. The van der Waals surface area contributed by atoms with Gasteiger partial charge in [0.2, 0.25) is 11.4 Å². The number of H-pyrrole nitrogens is 2. The normalized spacial score (nSPS) is 16.5. The number of hydrogen-bond donors (Lipinski definition) is 4. The van der Waals surface area contributed by atoms with E-state index in [9.17, 15) is 0 Å². The summed E-state index contributed by atoms with van der Waals surface area (Å²) in [7, 11) is 0. The maximum atomic E-state index is 6.10. The summed E-state index contributed by atoms with van der Waals surface area (Å²) in [5, 5.41) is 0. The number of nitrogens with two attached hydrogens (primary N) is 2. The van der Waals surface area contributed by atoms with E-state index in [4.69, 9.17) is 11.7 Å². The largest absolute Gasteiger partial charge is 0.352 e. The minimum atomic E-state index is -0.167.